The highest BCUT2D eigenvalue weighted by Crippen LogP contribution is 2.42. The number of nitrogens with zero attached hydrogens (tertiary/aromatic N) is 7. The Morgan fingerprint density at radius 1 is 1.19 bits per heavy atom. The van der Waals surface area contributed by atoms with Crippen LogP contribution in [-0.2, 0) is 11.3 Å². The third-order valence-corrected chi connectivity index (χ3v) is 7.75. The predicted molar refractivity (Wildman–Crippen MR) is 165 cm³/mol. The molecule has 1 fully saturated rings. The summed E-state index contributed by atoms with van der Waals surface area (Å²) in [6.07, 6.45) is 9.70. The van der Waals surface area contributed by atoms with Gasteiger partial charge in [0.2, 0.25) is 11.9 Å². The van der Waals surface area contributed by atoms with E-state index >= 15 is 0 Å². The molecule has 5 rings (SSSR count). The van der Waals surface area contributed by atoms with Gasteiger partial charge in [-0.15, -0.1) is 0 Å². The molecular formula is C30H35ClN8O4. The average molecular weight is 607 g/mol. The quantitative estimate of drug-likeness (QED) is 0.355. The van der Waals surface area contributed by atoms with Crippen LogP contribution in [0.4, 0.5) is 27.9 Å². The summed E-state index contributed by atoms with van der Waals surface area (Å²) in [6.45, 7) is 1.90. The van der Waals surface area contributed by atoms with E-state index in [0.29, 0.717) is 66.5 Å². The van der Waals surface area contributed by atoms with Crippen LogP contribution in [0.5, 0.6) is 11.5 Å². The summed E-state index contributed by atoms with van der Waals surface area (Å²) in [4.78, 5) is 47.7. The minimum Gasteiger partial charge on any atom is -0.497 e. The van der Waals surface area contributed by atoms with E-state index in [1.54, 1.807) is 53.7 Å². The van der Waals surface area contributed by atoms with Crippen LogP contribution in [-0.4, -0.2) is 90.7 Å². The van der Waals surface area contributed by atoms with Crippen molar-refractivity contribution in [1.29, 1.82) is 0 Å². The van der Waals surface area contributed by atoms with E-state index in [1.807, 2.05) is 42.1 Å². The molecule has 1 aromatic carbocycles. The van der Waals surface area contributed by atoms with Gasteiger partial charge in [-0.05, 0) is 39.1 Å². The predicted octanol–water partition coefficient (Wildman–Crippen LogP) is 4.34. The Hall–Kier alpha value is -4.42. The largest absolute Gasteiger partial charge is 0.497 e. The topological polar surface area (TPSA) is 116 Å². The third kappa shape index (κ3) is 6.65. The molecule has 1 saturated heterocycles. The van der Waals surface area contributed by atoms with E-state index in [1.165, 1.54) is 7.11 Å². The van der Waals surface area contributed by atoms with Gasteiger partial charge in [0.05, 0.1) is 38.3 Å². The highest BCUT2D eigenvalue weighted by atomic mass is 35.5. The first-order valence-electron chi connectivity index (χ1n) is 13.9. The molecule has 43 heavy (non-hydrogen) atoms. The van der Waals surface area contributed by atoms with E-state index < -0.39 is 0 Å². The van der Waals surface area contributed by atoms with Gasteiger partial charge in [-0.3, -0.25) is 19.6 Å². The fourth-order valence-electron chi connectivity index (χ4n) is 5.16. The second-order valence-electron chi connectivity index (χ2n) is 10.5. The van der Waals surface area contributed by atoms with Crippen LogP contribution in [0, 0.1) is 0 Å². The molecule has 0 spiro atoms. The van der Waals surface area contributed by atoms with Gasteiger partial charge in [0, 0.05) is 61.8 Å². The van der Waals surface area contributed by atoms with Gasteiger partial charge in [0.1, 0.15) is 22.3 Å². The molecule has 2 aliphatic rings. The number of pyridine rings is 1. The maximum absolute atomic E-state index is 14.4. The summed E-state index contributed by atoms with van der Waals surface area (Å²) in [7, 11) is 6.96. The van der Waals surface area contributed by atoms with Gasteiger partial charge in [0.25, 0.3) is 0 Å². The van der Waals surface area contributed by atoms with Crippen molar-refractivity contribution in [3.8, 4) is 11.5 Å². The number of hydrogen-bond donors (Lipinski definition) is 1. The average Bonchev–Trinajstić information content (AvgIpc) is 3.01. The maximum atomic E-state index is 14.4. The molecule has 3 amide bonds. The number of carbonyl (C=O) groups is 2. The molecule has 12 nitrogen and oxygen atoms in total. The fourth-order valence-corrected chi connectivity index (χ4v) is 5.44. The third-order valence-electron chi connectivity index (χ3n) is 7.37. The Morgan fingerprint density at radius 3 is 2.65 bits per heavy atom. The number of piperidine rings is 1. The van der Waals surface area contributed by atoms with Crippen molar-refractivity contribution in [2.45, 2.75) is 25.4 Å². The number of amides is 3. The fraction of sp³-hybridized carbons (Fsp3) is 0.367. The molecule has 226 valence electrons. The van der Waals surface area contributed by atoms with Crippen LogP contribution in [0.2, 0.25) is 5.02 Å². The lowest BCUT2D eigenvalue weighted by atomic mass is 10.0. The number of fused-ring (bicyclic) bond motifs is 1. The molecular weight excluding hydrogens is 572 g/mol. The maximum Gasteiger partial charge on any atom is 0.330 e. The number of methoxy groups -OCH3 is 2. The van der Waals surface area contributed by atoms with Gasteiger partial charge in [-0.1, -0.05) is 17.7 Å². The van der Waals surface area contributed by atoms with Gasteiger partial charge in [-0.2, -0.15) is 4.98 Å². The van der Waals surface area contributed by atoms with Crippen LogP contribution >= 0.6 is 11.6 Å². The number of ether oxygens (including phenoxy) is 2. The number of aromatic nitrogens is 3. The number of urea groups is 1. The first-order chi connectivity index (χ1) is 20.8. The first kappa shape index (κ1) is 30.1. The minimum absolute atomic E-state index is 0.0344. The zero-order valence-corrected chi connectivity index (χ0v) is 25.4. The molecule has 0 saturated carbocycles. The summed E-state index contributed by atoms with van der Waals surface area (Å²) in [5, 5.41) is 3.46. The van der Waals surface area contributed by atoms with Crippen molar-refractivity contribution in [2.24, 2.45) is 0 Å². The summed E-state index contributed by atoms with van der Waals surface area (Å²) < 4.78 is 10.9. The second-order valence-corrected chi connectivity index (χ2v) is 10.9. The molecule has 0 radical (unpaired) electrons. The summed E-state index contributed by atoms with van der Waals surface area (Å²) in [5.74, 6) is 1.72. The summed E-state index contributed by atoms with van der Waals surface area (Å²) >= 11 is 6.73. The van der Waals surface area contributed by atoms with E-state index in [-0.39, 0.29) is 24.5 Å². The Kier molecular flexibility index (Phi) is 9.27. The molecule has 13 heteroatoms. The second kappa shape index (κ2) is 13.3. The van der Waals surface area contributed by atoms with Crippen LogP contribution in [0.15, 0.2) is 55.0 Å². The lowest BCUT2D eigenvalue weighted by Crippen LogP contribution is -2.55. The highest BCUT2D eigenvalue weighted by molar-refractivity contribution is 6.35. The van der Waals surface area contributed by atoms with Crippen LogP contribution in [0.1, 0.15) is 18.4 Å². The van der Waals surface area contributed by atoms with Gasteiger partial charge in [-0.25, -0.2) is 9.78 Å². The monoisotopic (exact) mass is 606 g/mol. The van der Waals surface area contributed by atoms with Gasteiger partial charge in [0.15, 0.2) is 0 Å². The Bertz CT molecular complexity index is 1490. The summed E-state index contributed by atoms with van der Waals surface area (Å²) in [5.41, 5.74) is 1.93. The number of benzene rings is 1. The first-order valence-corrected chi connectivity index (χ1v) is 14.3. The lowest BCUT2D eigenvalue weighted by Gasteiger charge is -2.43. The molecule has 2 aliphatic heterocycles. The van der Waals surface area contributed by atoms with Crippen molar-refractivity contribution in [1.82, 2.24) is 24.8 Å². The van der Waals surface area contributed by atoms with Crippen molar-refractivity contribution >= 4 is 46.7 Å². The highest BCUT2D eigenvalue weighted by Gasteiger charge is 2.40. The van der Waals surface area contributed by atoms with E-state index in [4.69, 9.17) is 26.1 Å². The van der Waals surface area contributed by atoms with Crippen molar-refractivity contribution in [3.05, 3.63) is 65.6 Å². The van der Waals surface area contributed by atoms with E-state index in [0.717, 1.165) is 11.3 Å². The number of likely N-dealkylation sites (tertiary alicyclic amines) is 1. The lowest BCUT2D eigenvalue weighted by molar-refractivity contribution is -0.127. The Morgan fingerprint density at radius 2 is 1.98 bits per heavy atom. The number of anilines is 4. The van der Waals surface area contributed by atoms with Gasteiger partial charge < -0.3 is 24.6 Å². The van der Waals surface area contributed by atoms with Crippen LogP contribution in [0.25, 0.3) is 0 Å². The van der Waals surface area contributed by atoms with E-state index in [9.17, 15) is 9.59 Å². The molecule has 0 unspecified atom stereocenters. The normalized spacial score (nSPS) is 15.7. The van der Waals surface area contributed by atoms with Crippen LogP contribution in [0.3, 0.4) is 0 Å². The smallest absolute Gasteiger partial charge is 0.330 e. The molecule has 4 heterocycles. The minimum atomic E-state index is -0.286. The number of rotatable bonds is 9. The Balaban J connectivity index is 1.47. The molecule has 0 aliphatic carbocycles. The molecule has 3 aromatic rings. The van der Waals surface area contributed by atoms with E-state index in [2.05, 4.69) is 15.3 Å². The SMILES string of the molecule is COc1cc(OC)c(Cl)c(N2Cc3cnc(Nc4cccnc4)nc3N(C3CCN(C(=O)/C=C/CN(C)C)CC3)C2=O)c1. The van der Waals surface area contributed by atoms with Crippen molar-refractivity contribution < 1.29 is 19.1 Å². The zero-order valence-electron chi connectivity index (χ0n) is 24.7. The molecule has 0 bridgehead atoms. The number of carbonyl (C=O) groups excluding carboxylic acids is 2. The van der Waals surface area contributed by atoms with Crippen LogP contribution < -0.4 is 24.6 Å². The number of nitrogens with one attached hydrogen (secondary N) is 1. The molecule has 2 aromatic heterocycles. The van der Waals surface area contributed by atoms with Gasteiger partial charge >= 0.3 is 6.03 Å². The number of likely N-dealkylation sites (N-methyl/N-ethyl adjacent to an activating group) is 1. The van der Waals surface area contributed by atoms with Crippen molar-refractivity contribution in [3.63, 3.8) is 0 Å². The zero-order chi connectivity index (χ0) is 30.5. The molecule has 1 N–H and O–H groups in total. The Labute approximate surface area is 255 Å². The van der Waals surface area contributed by atoms with Crippen molar-refractivity contribution in [2.75, 3.05) is 63.1 Å². The number of hydrogen-bond acceptors (Lipinski definition) is 9. The molecule has 0 atom stereocenters. The standard InChI is InChI=1S/C30H35ClN8O4/c1-36(2)12-6-8-26(40)37-13-9-22(10-14-37)39-28-20(17-33-29(35-28)34-21-7-5-11-32-18-21)19-38(30(39)41)24-15-23(42-3)16-25(43-4)27(24)31/h5-8,11,15-18,22H,9-10,12-14,19H2,1-4H3,(H,33,34,35)/b8-6+. The summed E-state index contributed by atoms with van der Waals surface area (Å²) in [6, 6.07) is 6.56. The number of halogens is 1.